The van der Waals surface area contributed by atoms with E-state index in [0.717, 1.165) is 32.6 Å². The monoisotopic (exact) mass is 373 g/mol. The van der Waals surface area contributed by atoms with E-state index in [0.29, 0.717) is 11.9 Å². The number of hydrogen-bond donors (Lipinski definition) is 3. The summed E-state index contributed by atoms with van der Waals surface area (Å²) in [5, 5.41) is 9.38. The van der Waals surface area contributed by atoms with Crippen LogP contribution in [0.4, 0.5) is 0 Å². The van der Waals surface area contributed by atoms with E-state index < -0.39 is 0 Å². The van der Waals surface area contributed by atoms with Crippen molar-refractivity contribution in [2.45, 2.75) is 39.2 Å². The number of benzene rings is 1. The van der Waals surface area contributed by atoms with Gasteiger partial charge in [0, 0.05) is 32.2 Å². The van der Waals surface area contributed by atoms with Gasteiger partial charge in [-0.3, -0.25) is 9.79 Å². The van der Waals surface area contributed by atoms with E-state index in [-0.39, 0.29) is 18.0 Å². The van der Waals surface area contributed by atoms with Gasteiger partial charge in [-0.1, -0.05) is 30.3 Å². The van der Waals surface area contributed by atoms with Crippen LogP contribution in [0.15, 0.2) is 35.3 Å². The van der Waals surface area contributed by atoms with Crippen LogP contribution in [0.25, 0.3) is 0 Å². The molecule has 0 spiro atoms. The molecule has 3 N–H and O–H groups in total. The lowest BCUT2D eigenvalue weighted by Crippen LogP contribution is -2.48. The maximum Gasteiger partial charge on any atom is 0.239 e. The third-order valence-electron chi connectivity index (χ3n) is 4.64. The minimum Gasteiger partial charge on any atom is -0.356 e. The fourth-order valence-electron chi connectivity index (χ4n) is 3.30. The maximum absolute atomic E-state index is 11.9. The molecule has 0 bridgehead atoms. The second-order valence-electron chi connectivity index (χ2n) is 8.30. The fourth-order valence-corrected chi connectivity index (χ4v) is 3.30. The Morgan fingerprint density at radius 2 is 1.96 bits per heavy atom. The second kappa shape index (κ2) is 10.3. The molecule has 150 valence electrons. The minimum absolute atomic E-state index is 0.0293. The molecule has 0 aromatic heterocycles. The van der Waals surface area contributed by atoms with E-state index in [4.69, 9.17) is 0 Å². The molecule has 1 fully saturated rings. The fraction of sp³-hybridized carbons (Fsp3) is 0.619. The molecule has 1 atom stereocenters. The average molecular weight is 374 g/mol. The number of carbonyl (C=O) groups is 1. The third-order valence-corrected chi connectivity index (χ3v) is 4.64. The summed E-state index contributed by atoms with van der Waals surface area (Å²) in [5.41, 5.74) is 1.18. The van der Waals surface area contributed by atoms with Crippen LogP contribution in [0.5, 0.6) is 0 Å². The number of rotatable bonds is 7. The van der Waals surface area contributed by atoms with E-state index in [1.807, 2.05) is 20.8 Å². The van der Waals surface area contributed by atoms with Crippen LogP contribution in [0, 0.1) is 5.92 Å². The van der Waals surface area contributed by atoms with Gasteiger partial charge in [0.25, 0.3) is 0 Å². The van der Waals surface area contributed by atoms with Gasteiger partial charge in [0.2, 0.25) is 5.91 Å². The Morgan fingerprint density at radius 3 is 2.63 bits per heavy atom. The predicted molar refractivity (Wildman–Crippen MR) is 112 cm³/mol. The number of hydrogen-bond acceptors (Lipinski definition) is 3. The van der Waals surface area contributed by atoms with Crippen LogP contribution < -0.4 is 16.0 Å². The second-order valence-corrected chi connectivity index (χ2v) is 8.30. The van der Waals surface area contributed by atoms with Gasteiger partial charge >= 0.3 is 0 Å². The first-order valence-electron chi connectivity index (χ1n) is 9.87. The lowest BCUT2D eigenvalue weighted by molar-refractivity contribution is -0.121. The molecule has 1 aliphatic rings. The Kier molecular flexibility index (Phi) is 8.10. The highest BCUT2D eigenvalue weighted by atomic mass is 16.2. The largest absolute Gasteiger partial charge is 0.356 e. The van der Waals surface area contributed by atoms with E-state index in [9.17, 15) is 4.79 Å². The number of guanidine groups is 1. The Bertz CT molecular complexity index is 609. The third kappa shape index (κ3) is 8.43. The summed E-state index contributed by atoms with van der Waals surface area (Å²) in [6.07, 6.45) is 2.30. The number of carbonyl (C=O) groups excluding carboxylic acids is 1. The molecule has 1 unspecified atom stereocenters. The van der Waals surface area contributed by atoms with Crippen molar-refractivity contribution in [1.82, 2.24) is 20.9 Å². The van der Waals surface area contributed by atoms with Crippen LogP contribution in [0.1, 0.15) is 32.8 Å². The molecule has 0 saturated carbocycles. The minimum atomic E-state index is -0.219. The van der Waals surface area contributed by atoms with Crippen LogP contribution in [0.3, 0.4) is 0 Å². The summed E-state index contributed by atoms with van der Waals surface area (Å²) in [6.45, 7) is 10.4. The van der Waals surface area contributed by atoms with E-state index in [1.54, 1.807) is 7.05 Å². The molecule has 6 heteroatoms. The Labute approximate surface area is 163 Å². The van der Waals surface area contributed by atoms with Crippen molar-refractivity contribution in [2.75, 3.05) is 39.8 Å². The summed E-state index contributed by atoms with van der Waals surface area (Å²) < 4.78 is 0. The molecule has 1 aliphatic heterocycles. The lowest BCUT2D eigenvalue weighted by atomic mass is 10.1. The van der Waals surface area contributed by atoms with Crippen LogP contribution in [-0.2, 0) is 11.2 Å². The van der Waals surface area contributed by atoms with Gasteiger partial charge in [-0.15, -0.1) is 0 Å². The zero-order valence-electron chi connectivity index (χ0n) is 17.2. The number of nitrogens with zero attached hydrogens (tertiary/aromatic N) is 2. The van der Waals surface area contributed by atoms with Crippen LogP contribution >= 0.6 is 0 Å². The zero-order valence-corrected chi connectivity index (χ0v) is 17.2. The first-order valence-corrected chi connectivity index (χ1v) is 9.87. The van der Waals surface area contributed by atoms with Crippen LogP contribution in [0.2, 0.25) is 0 Å². The van der Waals surface area contributed by atoms with Gasteiger partial charge in [-0.05, 0) is 51.6 Å². The van der Waals surface area contributed by atoms with Gasteiger partial charge in [-0.2, -0.15) is 0 Å². The SMILES string of the molecule is CN=C(NCC(=O)NC(C)(C)C)NCC1CCN(CCc2ccccc2)C1. The molecule has 27 heavy (non-hydrogen) atoms. The predicted octanol–water partition coefficient (Wildman–Crippen LogP) is 1.63. The summed E-state index contributed by atoms with van der Waals surface area (Å²) >= 11 is 0. The van der Waals surface area contributed by atoms with Gasteiger partial charge in [0.15, 0.2) is 5.96 Å². The van der Waals surface area contributed by atoms with E-state index in [1.165, 1.54) is 12.0 Å². The Morgan fingerprint density at radius 1 is 1.22 bits per heavy atom. The highest BCUT2D eigenvalue weighted by molar-refractivity contribution is 5.86. The lowest BCUT2D eigenvalue weighted by Gasteiger charge is -2.21. The van der Waals surface area contributed by atoms with Crippen molar-refractivity contribution in [1.29, 1.82) is 0 Å². The molecular weight excluding hydrogens is 338 g/mol. The van der Waals surface area contributed by atoms with Crippen LogP contribution in [-0.4, -0.2) is 62.1 Å². The van der Waals surface area contributed by atoms with Crippen molar-refractivity contribution < 1.29 is 4.79 Å². The zero-order chi connectivity index (χ0) is 19.7. The van der Waals surface area contributed by atoms with Crippen molar-refractivity contribution in [3.8, 4) is 0 Å². The standard InChI is InChI=1S/C21H35N5O/c1-21(2,3)25-19(27)15-24-20(22-4)23-14-18-11-13-26(16-18)12-10-17-8-6-5-7-9-17/h5-9,18H,10-16H2,1-4H3,(H,25,27)(H2,22,23,24). The van der Waals surface area contributed by atoms with Crippen molar-refractivity contribution in [2.24, 2.45) is 10.9 Å². The molecule has 1 aromatic rings. The topological polar surface area (TPSA) is 68.8 Å². The summed E-state index contributed by atoms with van der Waals surface area (Å²) in [4.78, 5) is 18.7. The van der Waals surface area contributed by atoms with Gasteiger partial charge in [0.1, 0.15) is 0 Å². The molecule has 2 rings (SSSR count). The van der Waals surface area contributed by atoms with Crippen molar-refractivity contribution in [3.63, 3.8) is 0 Å². The quantitative estimate of drug-likeness (QED) is 0.502. The Balaban J connectivity index is 1.64. The van der Waals surface area contributed by atoms with Gasteiger partial charge in [-0.25, -0.2) is 0 Å². The number of aliphatic imine (C=N–C) groups is 1. The van der Waals surface area contributed by atoms with E-state index in [2.05, 4.69) is 56.2 Å². The molecule has 0 radical (unpaired) electrons. The molecule has 1 aromatic carbocycles. The number of nitrogens with one attached hydrogen (secondary N) is 3. The first kappa shape index (κ1) is 21.2. The smallest absolute Gasteiger partial charge is 0.239 e. The van der Waals surface area contributed by atoms with Gasteiger partial charge in [0.05, 0.1) is 6.54 Å². The highest BCUT2D eigenvalue weighted by Crippen LogP contribution is 2.15. The molecule has 6 nitrogen and oxygen atoms in total. The Hall–Kier alpha value is -2.08. The van der Waals surface area contributed by atoms with Gasteiger partial charge < -0.3 is 20.9 Å². The summed E-state index contributed by atoms with van der Waals surface area (Å²) in [5.74, 6) is 1.27. The first-order chi connectivity index (χ1) is 12.9. The molecule has 1 amide bonds. The molecule has 0 aliphatic carbocycles. The van der Waals surface area contributed by atoms with E-state index >= 15 is 0 Å². The highest BCUT2D eigenvalue weighted by Gasteiger charge is 2.22. The summed E-state index contributed by atoms with van der Waals surface area (Å²) in [6, 6.07) is 10.7. The average Bonchev–Trinajstić information content (AvgIpc) is 3.07. The number of amides is 1. The van der Waals surface area contributed by atoms with Crippen molar-refractivity contribution in [3.05, 3.63) is 35.9 Å². The normalized spacial score (nSPS) is 18.4. The van der Waals surface area contributed by atoms with Crippen molar-refractivity contribution >= 4 is 11.9 Å². The maximum atomic E-state index is 11.9. The summed E-state index contributed by atoms with van der Waals surface area (Å²) in [7, 11) is 1.73. The number of likely N-dealkylation sites (tertiary alicyclic amines) is 1. The molecule has 1 saturated heterocycles. The molecular formula is C21H35N5O. The molecule has 1 heterocycles.